The first-order chi connectivity index (χ1) is 10.3. The van der Waals surface area contributed by atoms with Gasteiger partial charge in [0, 0.05) is 6.54 Å². The van der Waals surface area contributed by atoms with Crippen LogP contribution in [-0.4, -0.2) is 30.8 Å². The predicted octanol–water partition coefficient (Wildman–Crippen LogP) is 2.47. The molecule has 0 fully saturated rings. The van der Waals surface area contributed by atoms with Crippen molar-refractivity contribution in [2.45, 2.75) is 39.5 Å². The number of Topliss-reactive ketones (excluding diaryl/α,β-unsaturated/α-hetero) is 1. The van der Waals surface area contributed by atoms with Gasteiger partial charge < -0.3 is 9.64 Å². The zero-order valence-corrected chi connectivity index (χ0v) is 13.4. The monoisotopic (exact) mass is 303 g/mol. The van der Waals surface area contributed by atoms with Crippen LogP contribution in [0.3, 0.4) is 0 Å². The summed E-state index contributed by atoms with van der Waals surface area (Å²) in [5.41, 5.74) is 1.89. The minimum absolute atomic E-state index is 0.0767. The van der Waals surface area contributed by atoms with Gasteiger partial charge in [-0.15, -0.1) is 0 Å². The van der Waals surface area contributed by atoms with Crippen molar-refractivity contribution in [2.24, 2.45) is 0 Å². The van der Waals surface area contributed by atoms with Crippen LogP contribution in [0.5, 0.6) is 0 Å². The smallest absolute Gasteiger partial charge is 0.307 e. The molecule has 1 aliphatic rings. The summed E-state index contributed by atoms with van der Waals surface area (Å²) in [6, 6.07) is 5.48. The molecule has 0 saturated heterocycles. The number of carbonyl (C=O) groups excluding carboxylic acids is 3. The minimum Gasteiger partial charge on any atom is -0.466 e. The highest BCUT2D eigenvalue weighted by Crippen LogP contribution is 2.33. The molecule has 0 unspecified atom stereocenters. The largest absolute Gasteiger partial charge is 0.466 e. The van der Waals surface area contributed by atoms with Crippen LogP contribution in [0.1, 0.15) is 50.0 Å². The number of hydrogen-bond acceptors (Lipinski definition) is 4. The zero-order valence-electron chi connectivity index (χ0n) is 13.4. The van der Waals surface area contributed by atoms with Crippen LogP contribution in [0.15, 0.2) is 18.2 Å². The Hall–Kier alpha value is -2.17. The number of ketones is 1. The lowest BCUT2D eigenvalue weighted by molar-refractivity contribution is -0.142. The molecule has 1 heterocycles. The maximum absolute atomic E-state index is 12.1. The number of fused-ring (bicyclic) bond motifs is 1. The van der Waals surface area contributed by atoms with Gasteiger partial charge in [0.05, 0.1) is 24.3 Å². The van der Waals surface area contributed by atoms with Crippen LogP contribution in [-0.2, 0) is 19.7 Å². The third kappa shape index (κ3) is 3.03. The summed E-state index contributed by atoms with van der Waals surface area (Å²) in [6.45, 7) is 8.34. The summed E-state index contributed by atoms with van der Waals surface area (Å²) in [5.74, 6) is -1.46. The molecule has 0 aliphatic carbocycles. The summed E-state index contributed by atoms with van der Waals surface area (Å²) in [4.78, 5) is 37.1. The molecule has 2 rings (SSSR count). The number of nitrogens with zero attached hydrogens (tertiary/aromatic N) is 1. The van der Waals surface area contributed by atoms with E-state index in [0.717, 1.165) is 5.56 Å². The Bertz CT molecular complexity index is 628. The molecule has 1 aromatic rings. The van der Waals surface area contributed by atoms with Crippen LogP contribution in [0.4, 0.5) is 5.69 Å². The normalized spacial score (nSPS) is 14.3. The van der Waals surface area contributed by atoms with Gasteiger partial charge in [0.15, 0.2) is 0 Å². The molecule has 0 aromatic heterocycles. The van der Waals surface area contributed by atoms with E-state index in [9.17, 15) is 14.4 Å². The molecule has 0 radical (unpaired) electrons. The summed E-state index contributed by atoms with van der Waals surface area (Å²) in [7, 11) is 0. The number of hydrogen-bond donors (Lipinski definition) is 0. The van der Waals surface area contributed by atoms with Crippen molar-refractivity contribution in [3.05, 3.63) is 29.3 Å². The Morgan fingerprint density at radius 3 is 2.50 bits per heavy atom. The van der Waals surface area contributed by atoms with Crippen LogP contribution in [0.2, 0.25) is 0 Å². The van der Waals surface area contributed by atoms with E-state index in [1.54, 1.807) is 19.1 Å². The second-order valence-corrected chi connectivity index (χ2v) is 6.32. The topological polar surface area (TPSA) is 63.7 Å². The van der Waals surface area contributed by atoms with E-state index in [0.29, 0.717) is 17.9 Å². The summed E-state index contributed by atoms with van der Waals surface area (Å²) >= 11 is 0. The van der Waals surface area contributed by atoms with Crippen molar-refractivity contribution >= 4 is 23.3 Å². The molecule has 22 heavy (non-hydrogen) atoms. The quantitative estimate of drug-likeness (QED) is 0.633. The number of amides is 1. The van der Waals surface area contributed by atoms with E-state index < -0.39 is 11.7 Å². The Labute approximate surface area is 130 Å². The van der Waals surface area contributed by atoms with Gasteiger partial charge in [0.1, 0.15) is 0 Å². The highest BCUT2D eigenvalue weighted by atomic mass is 16.5. The highest BCUT2D eigenvalue weighted by molar-refractivity contribution is 6.52. The lowest BCUT2D eigenvalue weighted by Gasteiger charge is -2.21. The maximum atomic E-state index is 12.1. The van der Waals surface area contributed by atoms with Gasteiger partial charge in [-0.25, -0.2) is 0 Å². The van der Waals surface area contributed by atoms with E-state index >= 15 is 0 Å². The van der Waals surface area contributed by atoms with Crippen molar-refractivity contribution < 1.29 is 19.1 Å². The first-order valence-electron chi connectivity index (χ1n) is 7.42. The third-order valence-corrected chi connectivity index (χ3v) is 3.68. The highest BCUT2D eigenvalue weighted by Gasteiger charge is 2.36. The van der Waals surface area contributed by atoms with Gasteiger partial charge in [0.25, 0.3) is 11.7 Å². The number of ether oxygens (including phenoxy) is 1. The molecule has 0 saturated carbocycles. The van der Waals surface area contributed by atoms with E-state index in [4.69, 9.17) is 4.74 Å². The third-order valence-electron chi connectivity index (χ3n) is 3.68. The summed E-state index contributed by atoms with van der Waals surface area (Å²) < 4.78 is 4.85. The van der Waals surface area contributed by atoms with Crippen LogP contribution < -0.4 is 4.90 Å². The maximum Gasteiger partial charge on any atom is 0.307 e. The Morgan fingerprint density at radius 1 is 1.23 bits per heavy atom. The SMILES string of the molecule is CCOC(=O)CCN1C(=O)C(=O)c2cc(C(C)(C)C)ccc21. The van der Waals surface area contributed by atoms with Gasteiger partial charge in [-0.05, 0) is 30.0 Å². The van der Waals surface area contributed by atoms with Crippen molar-refractivity contribution in [3.63, 3.8) is 0 Å². The number of rotatable bonds is 4. The molecule has 0 atom stereocenters. The van der Waals surface area contributed by atoms with Gasteiger partial charge in [-0.1, -0.05) is 26.8 Å². The van der Waals surface area contributed by atoms with Crippen LogP contribution in [0, 0.1) is 0 Å². The standard InChI is InChI=1S/C17H21NO4/c1-5-22-14(19)8-9-18-13-7-6-11(17(2,3)4)10-12(13)15(20)16(18)21/h6-7,10H,5,8-9H2,1-4H3. The fourth-order valence-electron chi connectivity index (χ4n) is 2.43. The summed E-state index contributed by atoms with van der Waals surface area (Å²) in [6.07, 6.45) is 0.0767. The average molecular weight is 303 g/mol. The minimum atomic E-state index is -0.578. The first-order valence-corrected chi connectivity index (χ1v) is 7.42. The molecule has 5 nitrogen and oxygen atoms in total. The van der Waals surface area contributed by atoms with E-state index in [1.807, 2.05) is 6.07 Å². The lowest BCUT2D eigenvalue weighted by atomic mass is 9.86. The van der Waals surface area contributed by atoms with Gasteiger partial charge >= 0.3 is 5.97 Å². The first kappa shape index (κ1) is 16.2. The molecular formula is C17H21NO4. The van der Waals surface area contributed by atoms with Crippen molar-refractivity contribution in [3.8, 4) is 0 Å². The van der Waals surface area contributed by atoms with Gasteiger partial charge in [-0.3, -0.25) is 14.4 Å². The molecule has 118 valence electrons. The van der Waals surface area contributed by atoms with Crippen molar-refractivity contribution in [2.75, 3.05) is 18.1 Å². The number of carbonyl (C=O) groups is 3. The number of benzene rings is 1. The molecule has 0 bridgehead atoms. The van der Waals surface area contributed by atoms with Crippen LogP contribution in [0.25, 0.3) is 0 Å². The Morgan fingerprint density at radius 2 is 1.91 bits per heavy atom. The molecule has 1 amide bonds. The van der Waals surface area contributed by atoms with Gasteiger partial charge in [0.2, 0.25) is 0 Å². The fraction of sp³-hybridized carbons (Fsp3) is 0.471. The van der Waals surface area contributed by atoms with Crippen molar-refractivity contribution in [1.29, 1.82) is 0 Å². The van der Waals surface area contributed by atoms with Crippen LogP contribution >= 0.6 is 0 Å². The van der Waals surface area contributed by atoms with E-state index in [2.05, 4.69) is 20.8 Å². The number of esters is 1. The fourth-order valence-corrected chi connectivity index (χ4v) is 2.43. The Balaban J connectivity index is 2.25. The molecule has 5 heteroatoms. The molecule has 1 aliphatic heterocycles. The second kappa shape index (κ2) is 5.91. The summed E-state index contributed by atoms with van der Waals surface area (Å²) in [5, 5.41) is 0. The molecule has 0 spiro atoms. The van der Waals surface area contributed by atoms with Gasteiger partial charge in [-0.2, -0.15) is 0 Å². The van der Waals surface area contributed by atoms with E-state index in [1.165, 1.54) is 4.90 Å². The lowest BCUT2D eigenvalue weighted by Crippen LogP contribution is -2.32. The van der Waals surface area contributed by atoms with Crippen molar-refractivity contribution in [1.82, 2.24) is 0 Å². The zero-order chi connectivity index (χ0) is 16.5. The Kier molecular flexibility index (Phi) is 4.35. The molecule has 1 aromatic carbocycles. The average Bonchev–Trinajstić information content (AvgIpc) is 2.68. The van der Waals surface area contributed by atoms with E-state index in [-0.39, 0.29) is 24.3 Å². The molecule has 0 N–H and O–H groups in total. The second-order valence-electron chi connectivity index (χ2n) is 6.32. The molecular weight excluding hydrogens is 282 g/mol. The predicted molar refractivity (Wildman–Crippen MR) is 83.1 cm³/mol. The number of anilines is 1.